The normalized spacial score (nSPS) is 15.3. The van der Waals surface area contributed by atoms with Crippen LogP contribution in [0, 0.1) is 0 Å². The van der Waals surface area contributed by atoms with E-state index in [9.17, 15) is 4.79 Å². The molecule has 0 aliphatic heterocycles. The molecule has 1 aliphatic carbocycles. The fraction of sp³-hybridized carbons (Fsp3) is 0.150. The lowest BCUT2D eigenvalue weighted by molar-refractivity contribution is 0.0999. The topological polar surface area (TPSA) is 43.1 Å². The molecule has 23 heavy (non-hydrogen) atoms. The Hall–Kier alpha value is -2.39. The molecule has 4 rings (SSSR count). The number of benzene rings is 2. The maximum absolute atomic E-state index is 11.8. The van der Waals surface area contributed by atoms with Crippen molar-refractivity contribution in [3.63, 3.8) is 0 Å². The van der Waals surface area contributed by atoms with Gasteiger partial charge in [0.1, 0.15) is 0 Å². The van der Waals surface area contributed by atoms with Crippen LogP contribution in [0.25, 0.3) is 11.1 Å². The summed E-state index contributed by atoms with van der Waals surface area (Å²) in [4.78, 5) is 11.8. The molecule has 1 aliphatic rings. The molecule has 0 spiro atoms. The Labute approximate surface area is 139 Å². The monoisotopic (exact) mass is 319 g/mol. The summed E-state index contributed by atoms with van der Waals surface area (Å²) >= 11 is 1.70. The molecule has 0 saturated heterocycles. The minimum Gasteiger partial charge on any atom is -0.366 e. The van der Waals surface area contributed by atoms with Crippen molar-refractivity contribution in [2.75, 3.05) is 0 Å². The van der Waals surface area contributed by atoms with Crippen LogP contribution in [0.2, 0.25) is 0 Å². The van der Waals surface area contributed by atoms with E-state index >= 15 is 0 Å². The van der Waals surface area contributed by atoms with Gasteiger partial charge in [-0.2, -0.15) is 11.3 Å². The molecule has 0 atom stereocenters. The average Bonchev–Trinajstić information content (AvgIpc) is 3.21. The summed E-state index contributed by atoms with van der Waals surface area (Å²) in [6.07, 6.45) is 2.12. The summed E-state index contributed by atoms with van der Waals surface area (Å²) in [6, 6.07) is 18.6. The summed E-state index contributed by atoms with van der Waals surface area (Å²) in [7, 11) is 0. The second kappa shape index (κ2) is 5.36. The first-order chi connectivity index (χ1) is 11.2. The van der Waals surface area contributed by atoms with E-state index in [4.69, 9.17) is 5.73 Å². The maximum Gasteiger partial charge on any atom is 0.249 e. The Bertz CT molecular complexity index is 863. The van der Waals surface area contributed by atoms with Crippen molar-refractivity contribution in [3.8, 4) is 11.1 Å². The number of primary amides is 1. The summed E-state index contributed by atoms with van der Waals surface area (Å²) in [5.74, 6) is -0.346. The van der Waals surface area contributed by atoms with Crippen molar-refractivity contribution >= 4 is 17.2 Å². The summed E-state index contributed by atoms with van der Waals surface area (Å²) in [6.45, 7) is 0. The molecule has 114 valence electrons. The molecule has 0 bridgehead atoms. The van der Waals surface area contributed by atoms with Gasteiger partial charge in [0.2, 0.25) is 5.91 Å². The highest BCUT2D eigenvalue weighted by Crippen LogP contribution is 2.54. The second-order valence-corrected chi connectivity index (χ2v) is 6.86. The van der Waals surface area contributed by atoms with Gasteiger partial charge in [-0.25, -0.2) is 0 Å². The van der Waals surface area contributed by atoms with Crippen molar-refractivity contribution in [1.29, 1.82) is 0 Å². The van der Waals surface area contributed by atoms with Crippen LogP contribution in [0.4, 0.5) is 0 Å². The van der Waals surface area contributed by atoms with E-state index < -0.39 is 0 Å². The molecule has 1 heterocycles. The summed E-state index contributed by atoms with van der Waals surface area (Å²) in [5.41, 5.74) is 11.0. The lowest BCUT2D eigenvalue weighted by Gasteiger charge is -2.20. The van der Waals surface area contributed by atoms with Crippen molar-refractivity contribution in [1.82, 2.24) is 0 Å². The highest BCUT2D eigenvalue weighted by Gasteiger charge is 2.47. The third kappa shape index (κ3) is 2.37. The highest BCUT2D eigenvalue weighted by molar-refractivity contribution is 7.08. The van der Waals surface area contributed by atoms with Gasteiger partial charge in [-0.3, -0.25) is 4.79 Å². The zero-order valence-electron chi connectivity index (χ0n) is 12.7. The predicted octanol–water partition coefficient (Wildman–Crippen LogP) is 4.59. The molecule has 2 aromatic carbocycles. The van der Waals surface area contributed by atoms with Crippen LogP contribution < -0.4 is 5.73 Å². The zero-order valence-corrected chi connectivity index (χ0v) is 13.5. The first-order valence-electron chi connectivity index (χ1n) is 7.73. The second-order valence-electron chi connectivity index (χ2n) is 6.08. The van der Waals surface area contributed by atoms with E-state index in [2.05, 4.69) is 41.1 Å². The minimum atomic E-state index is -0.346. The lowest BCUT2D eigenvalue weighted by Crippen LogP contribution is -2.19. The van der Waals surface area contributed by atoms with Gasteiger partial charge in [0.15, 0.2) is 0 Å². The van der Waals surface area contributed by atoms with Gasteiger partial charge in [0, 0.05) is 11.0 Å². The first kappa shape index (κ1) is 14.2. The molecule has 0 radical (unpaired) electrons. The number of thiophene rings is 1. The molecule has 3 heteroatoms. The molecule has 1 saturated carbocycles. The predicted molar refractivity (Wildman–Crippen MR) is 94.7 cm³/mol. The van der Waals surface area contributed by atoms with Gasteiger partial charge in [-0.1, -0.05) is 42.5 Å². The maximum atomic E-state index is 11.8. The third-order valence-corrected chi connectivity index (χ3v) is 5.41. The van der Waals surface area contributed by atoms with Crippen molar-refractivity contribution in [2.45, 2.75) is 18.3 Å². The number of rotatable bonds is 4. The number of hydrogen-bond acceptors (Lipinski definition) is 2. The van der Waals surface area contributed by atoms with Crippen LogP contribution in [-0.2, 0) is 5.41 Å². The van der Waals surface area contributed by atoms with Gasteiger partial charge < -0.3 is 5.73 Å². The van der Waals surface area contributed by atoms with E-state index in [1.165, 1.54) is 16.7 Å². The molecule has 2 N–H and O–H groups in total. The minimum absolute atomic E-state index is 0.0579. The average molecular weight is 319 g/mol. The molecule has 1 amide bonds. The van der Waals surface area contributed by atoms with Crippen molar-refractivity contribution in [3.05, 3.63) is 82.0 Å². The van der Waals surface area contributed by atoms with E-state index in [0.29, 0.717) is 5.56 Å². The van der Waals surface area contributed by atoms with E-state index in [0.717, 1.165) is 18.4 Å². The van der Waals surface area contributed by atoms with Crippen LogP contribution >= 0.6 is 11.3 Å². The number of amides is 1. The Kier molecular flexibility index (Phi) is 3.31. The van der Waals surface area contributed by atoms with Crippen LogP contribution in [-0.4, -0.2) is 5.91 Å². The van der Waals surface area contributed by atoms with Crippen molar-refractivity contribution < 1.29 is 4.79 Å². The fourth-order valence-corrected chi connectivity index (χ4v) is 4.04. The Balaban J connectivity index is 1.82. The van der Waals surface area contributed by atoms with Crippen LogP contribution in [0.15, 0.2) is 65.4 Å². The zero-order chi connectivity index (χ0) is 15.9. The SMILES string of the molecule is NC(=O)c1ccccc1C1(c2cccc(-c3ccsc3)c2)CC1. The number of nitrogens with two attached hydrogens (primary N) is 1. The summed E-state index contributed by atoms with van der Waals surface area (Å²) in [5, 5.41) is 4.26. The lowest BCUT2D eigenvalue weighted by atomic mass is 9.84. The van der Waals surface area contributed by atoms with E-state index in [1.54, 1.807) is 11.3 Å². The van der Waals surface area contributed by atoms with Crippen molar-refractivity contribution in [2.24, 2.45) is 5.73 Å². The molecule has 1 aromatic heterocycles. The van der Waals surface area contributed by atoms with Gasteiger partial charge >= 0.3 is 0 Å². The number of carbonyl (C=O) groups excluding carboxylic acids is 1. The quantitative estimate of drug-likeness (QED) is 0.750. The smallest absolute Gasteiger partial charge is 0.249 e. The molecule has 3 aromatic rings. The summed E-state index contributed by atoms with van der Waals surface area (Å²) < 4.78 is 0. The van der Waals surface area contributed by atoms with Gasteiger partial charge in [-0.15, -0.1) is 0 Å². The number of hydrogen-bond donors (Lipinski definition) is 1. The Morgan fingerprint density at radius 2 is 1.83 bits per heavy atom. The fourth-order valence-electron chi connectivity index (χ4n) is 3.38. The van der Waals surface area contributed by atoms with Crippen LogP contribution in [0.3, 0.4) is 0 Å². The molecular formula is C20H17NOS. The molecule has 2 nitrogen and oxygen atoms in total. The molecular weight excluding hydrogens is 302 g/mol. The highest BCUT2D eigenvalue weighted by atomic mass is 32.1. The molecule has 1 fully saturated rings. The Morgan fingerprint density at radius 3 is 2.52 bits per heavy atom. The van der Waals surface area contributed by atoms with E-state index in [-0.39, 0.29) is 11.3 Å². The van der Waals surface area contributed by atoms with Crippen LogP contribution in [0.5, 0.6) is 0 Å². The number of carbonyl (C=O) groups is 1. The van der Waals surface area contributed by atoms with E-state index in [1.807, 2.05) is 24.3 Å². The van der Waals surface area contributed by atoms with Gasteiger partial charge in [0.05, 0.1) is 0 Å². The third-order valence-electron chi connectivity index (χ3n) is 4.73. The molecule has 0 unspecified atom stereocenters. The van der Waals surface area contributed by atoms with Gasteiger partial charge in [0.25, 0.3) is 0 Å². The van der Waals surface area contributed by atoms with Crippen LogP contribution in [0.1, 0.15) is 34.3 Å². The largest absolute Gasteiger partial charge is 0.366 e. The first-order valence-corrected chi connectivity index (χ1v) is 8.67. The van der Waals surface area contributed by atoms with Gasteiger partial charge in [-0.05, 0) is 58.0 Å². The Morgan fingerprint density at radius 1 is 1.00 bits per heavy atom. The standard InChI is InChI=1S/C20H17NOS/c21-19(22)17-6-1-2-7-18(17)20(9-10-20)16-5-3-4-14(12-16)15-8-11-23-13-15/h1-8,11-13H,9-10H2,(H2,21,22).